The van der Waals surface area contributed by atoms with Crippen LogP contribution >= 0.6 is 0 Å². The molecule has 1 unspecified atom stereocenters. The number of hydrogen-bond acceptors (Lipinski definition) is 4. The molecule has 0 aliphatic heterocycles. The van der Waals surface area contributed by atoms with E-state index in [9.17, 15) is 0 Å². The van der Waals surface area contributed by atoms with Gasteiger partial charge in [0.2, 0.25) is 0 Å². The summed E-state index contributed by atoms with van der Waals surface area (Å²) in [5.41, 5.74) is 2.66. The minimum atomic E-state index is 0.190. The fourth-order valence-electron chi connectivity index (χ4n) is 2.53. The lowest BCUT2D eigenvalue weighted by Crippen LogP contribution is -2.36. The number of nitrogens with one attached hydrogen (secondary N) is 1. The van der Waals surface area contributed by atoms with Gasteiger partial charge in [0.05, 0.1) is 20.8 Å². The second-order valence-corrected chi connectivity index (χ2v) is 4.59. The monoisotopic (exact) mass is 251 g/mol. The average Bonchev–Trinajstić information content (AvgIpc) is 2.43. The molecule has 2 N–H and O–H groups in total. The van der Waals surface area contributed by atoms with Gasteiger partial charge in [-0.1, -0.05) is 0 Å². The van der Waals surface area contributed by atoms with Crippen molar-refractivity contribution in [1.82, 2.24) is 5.32 Å². The van der Waals surface area contributed by atoms with Gasteiger partial charge in [0.25, 0.3) is 0 Å². The summed E-state index contributed by atoms with van der Waals surface area (Å²) in [6.07, 6.45) is 3.12. The highest BCUT2D eigenvalue weighted by molar-refractivity contribution is 5.48. The smallest absolute Gasteiger partial charge is 0.161 e. The van der Waals surface area contributed by atoms with E-state index in [1.54, 1.807) is 14.2 Å². The Kier molecular flexibility index (Phi) is 4.44. The molecule has 1 aromatic rings. The van der Waals surface area contributed by atoms with Crippen molar-refractivity contribution in [1.29, 1.82) is 0 Å². The van der Waals surface area contributed by atoms with Crippen LogP contribution in [-0.2, 0) is 12.8 Å². The van der Waals surface area contributed by atoms with Gasteiger partial charge in [-0.2, -0.15) is 0 Å². The van der Waals surface area contributed by atoms with Crippen molar-refractivity contribution in [3.63, 3.8) is 0 Å². The molecule has 0 spiro atoms. The predicted molar refractivity (Wildman–Crippen MR) is 70.4 cm³/mol. The topological polar surface area (TPSA) is 50.7 Å². The van der Waals surface area contributed by atoms with E-state index in [0.29, 0.717) is 12.6 Å². The van der Waals surface area contributed by atoms with Gasteiger partial charge in [-0.25, -0.2) is 0 Å². The standard InChI is InChI=1S/C14H21NO3/c1-17-13-8-10-3-4-12(15-5-6-16)7-11(10)9-14(13)18-2/h8-9,12,15-16H,3-7H2,1-2H3. The largest absolute Gasteiger partial charge is 0.493 e. The molecule has 1 aliphatic carbocycles. The van der Waals surface area contributed by atoms with Gasteiger partial charge in [0.15, 0.2) is 11.5 Å². The zero-order valence-corrected chi connectivity index (χ0v) is 11.0. The molecule has 0 radical (unpaired) electrons. The molecule has 1 atom stereocenters. The van der Waals surface area contributed by atoms with Gasteiger partial charge in [0, 0.05) is 12.6 Å². The van der Waals surface area contributed by atoms with Gasteiger partial charge in [-0.3, -0.25) is 0 Å². The SMILES string of the molecule is COc1cc2c(cc1OC)CC(NCCO)CC2. The van der Waals surface area contributed by atoms with E-state index >= 15 is 0 Å². The van der Waals surface area contributed by atoms with Crippen LogP contribution in [0.3, 0.4) is 0 Å². The van der Waals surface area contributed by atoms with Crippen LogP contribution in [0.2, 0.25) is 0 Å². The minimum Gasteiger partial charge on any atom is -0.493 e. The first-order chi connectivity index (χ1) is 8.78. The van der Waals surface area contributed by atoms with E-state index < -0.39 is 0 Å². The second kappa shape index (κ2) is 6.07. The number of methoxy groups -OCH3 is 2. The molecule has 0 heterocycles. The summed E-state index contributed by atoms with van der Waals surface area (Å²) in [5.74, 6) is 1.59. The molecule has 4 nitrogen and oxygen atoms in total. The van der Waals surface area contributed by atoms with Crippen molar-refractivity contribution in [3.05, 3.63) is 23.3 Å². The lowest BCUT2D eigenvalue weighted by Gasteiger charge is -2.26. The van der Waals surface area contributed by atoms with Gasteiger partial charge >= 0.3 is 0 Å². The zero-order valence-electron chi connectivity index (χ0n) is 11.0. The van der Waals surface area contributed by atoms with Crippen molar-refractivity contribution in [2.45, 2.75) is 25.3 Å². The van der Waals surface area contributed by atoms with Gasteiger partial charge < -0.3 is 19.9 Å². The third-order valence-electron chi connectivity index (χ3n) is 3.48. The molecule has 0 amide bonds. The molecule has 4 heteroatoms. The molecule has 18 heavy (non-hydrogen) atoms. The Bertz CT molecular complexity index is 406. The molecule has 0 saturated carbocycles. The van der Waals surface area contributed by atoms with Gasteiger partial charge in [-0.15, -0.1) is 0 Å². The van der Waals surface area contributed by atoms with Crippen LogP contribution in [0.5, 0.6) is 11.5 Å². The fourth-order valence-corrected chi connectivity index (χ4v) is 2.53. The quantitative estimate of drug-likeness (QED) is 0.824. The molecule has 0 bridgehead atoms. The fraction of sp³-hybridized carbons (Fsp3) is 0.571. The maximum Gasteiger partial charge on any atom is 0.161 e. The van der Waals surface area contributed by atoms with Crippen molar-refractivity contribution < 1.29 is 14.6 Å². The van der Waals surface area contributed by atoms with Crippen molar-refractivity contribution in [3.8, 4) is 11.5 Å². The first kappa shape index (κ1) is 13.2. The first-order valence-electron chi connectivity index (χ1n) is 6.36. The molecule has 1 aliphatic rings. The molecular weight excluding hydrogens is 230 g/mol. The Morgan fingerprint density at radius 1 is 1.22 bits per heavy atom. The van der Waals surface area contributed by atoms with E-state index in [-0.39, 0.29) is 6.61 Å². The summed E-state index contributed by atoms with van der Waals surface area (Å²) >= 11 is 0. The van der Waals surface area contributed by atoms with Gasteiger partial charge in [0.1, 0.15) is 0 Å². The number of rotatable bonds is 5. The maximum atomic E-state index is 8.84. The molecule has 0 fully saturated rings. The van der Waals surface area contributed by atoms with E-state index in [1.807, 2.05) is 0 Å². The molecule has 0 aromatic heterocycles. The van der Waals surface area contributed by atoms with Crippen LogP contribution < -0.4 is 14.8 Å². The van der Waals surface area contributed by atoms with Crippen molar-refractivity contribution in [2.24, 2.45) is 0 Å². The number of aliphatic hydroxyl groups is 1. The predicted octanol–water partition coefficient (Wildman–Crippen LogP) is 1.14. The molecule has 0 saturated heterocycles. The van der Waals surface area contributed by atoms with Crippen LogP contribution in [0.4, 0.5) is 0 Å². The maximum absolute atomic E-state index is 8.84. The average molecular weight is 251 g/mol. The summed E-state index contributed by atoms with van der Waals surface area (Å²) in [6.45, 7) is 0.850. The van der Waals surface area contributed by atoms with Crippen molar-refractivity contribution in [2.75, 3.05) is 27.4 Å². The number of ether oxygens (including phenoxy) is 2. The third kappa shape index (κ3) is 2.76. The van der Waals surface area contributed by atoms with E-state index in [0.717, 1.165) is 30.8 Å². The number of aryl methyl sites for hydroxylation is 1. The Morgan fingerprint density at radius 2 is 1.89 bits per heavy atom. The third-order valence-corrected chi connectivity index (χ3v) is 3.48. The Morgan fingerprint density at radius 3 is 2.50 bits per heavy atom. The zero-order chi connectivity index (χ0) is 13.0. The Hall–Kier alpha value is -1.26. The van der Waals surface area contributed by atoms with Crippen LogP contribution in [0.15, 0.2) is 12.1 Å². The Labute approximate surface area is 108 Å². The normalized spacial score (nSPS) is 18.3. The van der Waals surface area contributed by atoms with Crippen LogP contribution in [0.25, 0.3) is 0 Å². The molecule has 100 valence electrons. The summed E-state index contributed by atoms with van der Waals surface area (Å²) in [5, 5.41) is 12.2. The van der Waals surface area contributed by atoms with E-state index in [1.165, 1.54) is 11.1 Å². The van der Waals surface area contributed by atoms with Crippen LogP contribution in [0, 0.1) is 0 Å². The highest BCUT2D eigenvalue weighted by atomic mass is 16.5. The van der Waals surface area contributed by atoms with Crippen molar-refractivity contribution >= 4 is 0 Å². The number of fused-ring (bicyclic) bond motifs is 1. The lowest BCUT2D eigenvalue weighted by molar-refractivity contribution is 0.280. The highest BCUT2D eigenvalue weighted by Crippen LogP contribution is 2.34. The summed E-state index contributed by atoms with van der Waals surface area (Å²) < 4.78 is 10.7. The number of hydrogen-bond donors (Lipinski definition) is 2. The molecule has 2 rings (SSSR count). The minimum absolute atomic E-state index is 0.190. The first-order valence-corrected chi connectivity index (χ1v) is 6.36. The van der Waals surface area contributed by atoms with Crippen LogP contribution in [0.1, 0.15) is 17.5 Å². The lowest BCUT2D eigenvalue weighted by atomic mass is 9.88. The number of benzene rings is 1. The van der Waals surface area contributed by atoms with E-state index in [4.69, 9.17) is 14.6 Å². The highest BCUT2D eigenvalue weighted by Gasteiger charge is 2.20. The molecular formula is C14H21NO3. The Balaban J connectivity index is 2.16. The summed E-state index contributed by atoms with van der Waals surface area (Å²) in [6, 6.07) is 4.60. The number of aliphatic hydroxyl groups excluding tert-OH is 1. The molecule has 1 aromatic carbocycles. The van der Waals surface area contributed by atoms with Gasteiger partial charge in [-0.05, 0) is 42.5 Å². The summed E-state index contributed by atoms with van der Waals surface area (Å²) in [4.78, 5) is 0. The second-order valence-electron chi connectivity index (χ2n) is 4.59. The van der Waals surface area contributed by atoms with Crippen LogP contribution in [-0.4, -0.2) is 38.5 Å². The summed E-state index contributed by atoms with van der Waals surface area (Å²) in [7, 11) is 3.33. The van der Waals surface area contributed by atoms with E-state index in [2.05, 4.69) is 17.4 Å².